The maximum Gasteiger partial charge on any atom is 0.524 e. The summed E-state index contributed by atoms with van der Waals surface area (Å²) in [5, 5.41) is 0. The van der Waals surface area contributed by atoms with E-state index in [1.165, 1.54) is 6.07 Å². The van der Waals surface area contributed by atoms with Crippen LogP contribution < -0.4 is 14.0 Å². The van der Waals surface area contributed by atoms with Crippen molar-refractivity contribution < 1.29 is 28.3 Å². The molecule has 0 aliphatic rings. The van der Waals surface area contributed by atoms with Crippen LogP contribution in [0.4, 0.5) is 0 Å². The molecule has 0 aliphatic carbocycles. The highest BCUT2D eigenvalue weighted by molar-refractivity contribution is 7.46. The molecule has 0 radical (unpaired) electrons. The molecule has 0 fully saturated rings. The third-order valence-corrected chi connectivity index (χ3v) is 4.71. The standard InChI is InChI=1S/C22H23O6P/c1-16(26-18-10-5-3-6-11-18)20-14-9-15-21(28-29(23,24)25)22(20)17(2)27-19-12-7-4-8-13-19/h3-17H,1-2H3,(H2,23,24,25). The van der Waals surface area contributed by atoms with Gasteiger partial charge in [0.1, 0.15) is 29.5 Å². The van der Waals surface area contributed by atoms with Crippen LogP contribution >= 0.6 is 7.82 Å². The van der Waals surface area contributed by atoms with Gasteiger partial charge >= 0.3 is 7.82 Å². The van der Waals surface area contributed by atoms with Gasteiger partial charge in [0.05, 0.1) is 0 Å². The second-order valence-electron chi connectivity index (χ2n) is 6.49. The van der Waals surface area contributed by atoms with Gasteiger partial charge in [-0.15, -0.1) is 0 Å². The summed E-state index contributed by atoms with van der Waals surface area (Å²) in [6.07, 6.45) is -0.952. The molecule has 0 spiro atoms. The molecule has 0 aromatic heterocycles. The topological polar surface area (TPSA) is 85.2 Å². The average molecular weight is 414 g/mol. The molecule has 2 atom stereocenters. The van der Waals surface area contributed by atoms with Gasteiger partial charge in [0.15, 0.2) is 0 Å². The Bertz CT molecular complexity index is 971. The lowest BCUT2D eigenvalue weighted by Crippen LogP contribution is -2.13. The normalized spacial score (nSPS) is 13.4. The average Bonchev–Trinajstić information content (AvgIpc) is 2.68. The van der Waals surface area contributed by atoms with Gasteiger partial charge in [0.25, 0.3) is 0 Å². The van der Waals surface area contributed by atoms with Crippen molar-refractivity contribution in [2.75, 3.05) is 0 Å². The number of hydrogen-bond donors (Lipinski definition) is 2. The van der Waals surface area contributed by atoms with Gasteiger partial charge < -0.3 is 14.0 Å². The molecule has 2 N–H and O–H groups in total. The van der Waals surface area contributed by atoms with E-state index in [1.54, 1.807) is 13.0 Å². The highest BCUT2D eigenvalue weighted by Gasteiger charge is 2.26. The quantitative estimate of drug-likeness (QED) is 0.478. The highest BCUT2D eigenvalue weighted by Crippen LogP contribution is 2.44. The molecule has 0 saturated heterocycles. The molecule has 3 rings (SSSR count). The summed E-state index contributed by atoms with van der Waals surface area (Å²) in [5.41, 5.74) is 1.23. The van der Waals surface area contributed by atoms with Crippen LogP contribution in [0.25, 0.3) is 0 Å². The predicted octanol–water partition coefficient (Wildman–Crippen LogP) is 5.44. The maximum absolute atomic E-state index is 11.5. The first-order valence-electron chi connectivity index (χ1n) is 9.15. The fourth-order valence-corrected chi connectivity index (χ4v) is 3.50. The first-order valence-corrected chi connectivity index (χ1v) is 10.7. The van der Waals surface area contributed by atoms with Crippen LogP contribution in [0.5, 0.6) is 17.2 Å². The molecule has 0 heterocycles. The molecule has 152 valence electrons. The van der Waals surface area contributed by atoms with Crippen LogP contribution in [0.2, 0.25) is 0 Å². The van der Waals surface area contributed by atoms with Gasteiger partial charge in [0, 0.05) is 11.1 Å². The van der Waals surface area contributed by atoms with E-state index in [2.05, 4.69) is 0 Å². The zero-order valence-corrected chi connectivity index (χ0v) is 17.0. The Morgan fingerprint density at radius 3 is 1.76 bits per heavy atom. The number of rotatable bonds is 8. The summed E-state index contributed by atoms with van der Waals surface area (Å²) in [6.45, 7) is 3.66. The molecule has 0 aliphatic heterocycles. The van der Waals surface area contributed by atoms with Crippen molar-refractivity contribution in [2.45, 2.75) is 26.1 Å². The van der Waals surface area contributed by atoms with Gasteiger partial charge in [-0.3, -0.25) is 9.79 Å². The minimum Gasteiger partial charge on any atom is -0.486 e. The van der Waals surface area contributed by atoms with Gasteiger partial charge in [-0.1, -0.05) is 48.5 Å². The molecule has 3 aromatic rings. The molecule has 2 unspecified atom stereocenters. The van der Waals surface area contributed by atoms with Crippen molar-refractivity contribution in [3.8, 4) is 17.2 Å². The van der Waals surface area contributed by atoms with Crippen molar-refractivity contribution in [2.24, 2.45) is 0 Å². The molecule has 3 aromatic carbocycles. The summed E-state index contributed by atoms with van der Waals surface area (Å²) in [6, 6.07) is 23.5. The largest absolute Gasteiger partial charge is 0.524 e. The fourth-order valence-electron chi connectivity index (χ4n) is 3.09. The summed E-state index contributed by atoms with van der Waals surface area (Å²) in [5.74, 6) is 1.38. The lowest BCUT2D eigenvalue weighted by atomic mass is 9.98. The van der Waals surface area contributed by atoms with E-state index in [0.717, 1.165) is 0 Å². The van der Waals surface area contributed by atoms with Crippen LogP contribution in [0, 0.1) is 0 Å². The number of ether oxygens (including phenoxy) is 2. The van der Waals surface area contributed by atoms with E-state index in [9.17, 15) is 14.4 Å². The van der Waals surface area contributed by atoms with E-state index in [-0.39, 0.29) is 5.75 Å². The lowest BCUT2D eigenvalue weighted by molar-refractivity contribution is 0.199. The van der Waals surface area contributed by atoms with Gasteiger partial charge in [-0.25, -0.2) is 4.57 Å². The molecule has 0 bridgehead atoms. The molecular formula is C22H23O6P. The van der Waals surface area contributed by atoms with Crippen molar-refractivity contribution in [1.82, 2.24) is 0 Å². The molecule has 0 amide bonds. The Morgan fingerprint density at radius 1 is 0.724 bits per heavy atom. The number of benzene rings is 3. The second kappa shape index (κ2) is 9.14. The van der Waals surface area contributed by atoms with Crippen LogP contribution in [-0.2, 0) is 4.57 Å². The summed E-state index contributed by atoms with van der Waals surface area (Å²) in [4.78, 5) is 18.7. The number of hydrogen-bond acceptors (Lipinski definition) is 4. The number of phosphoric ester groups is 1. The Balaban J connectivity index is 1.98. The Labute approximate surface area is 169 Å². The minimum atomic E-state index is -4.75. The fraction of sp³-hybridized carbons (Fsp3) is 0.182. The smallest absolute Gasteiger partial charge is 0.486 e. The third kappa shape index (κ3) is 5.84. The van der Waals surface area contributed by atoms with Gasteiger partial charge in [-0.05, 0) is 44.2 Å². The first-order chi connectivity index (χ1) is 13.8. The van der Waals surface area contributed by atoms with Crippen LogP contribution in [-0.4, -0.2) is 9.79 Å². The molecular weight excluding hydrogens is 391 g/mol. The number of phosphoric acid groups is 1. The van der Waals surface area contributed by atoms with E-state index >= 15 is 0 Å². The second-order valence-corrected chi connectivity index (χ2v) is 7.65. The van der Waals surface area contributed by atoms with Crippen molar-refractivity contribution >= 4 is 7.82 Å². The van der Waals surface area contributed by atoms with Crippen molar-refractivity contribution in [1.29, 1.82) is 0 Å². The summed E-state index contributed by atoms with van der Waals surface area (Å²) >= 11 is 0. The first kappa shape index (κ1) is 20.9. The molecule has 6 nitrogen and oxygen atoms in total. The Hall–Kier alpha value is -2.79. The molecule has 7 heteroatoms. The zero-order chi connectivity index (χ0) is 20.9. The Morgan fingerprint density at radius 2 is 1.24 bits per heavy atom. The van der Waals surface area contributed by atoms with Gasteiger partial charge in [-0.2, -0.15) is 0 Å². The predicted molar refractivity (Wildman–Crippen MR) is 110 cm³/mol. The zero-order valence-electron chi connectivity index (χ0n) is 16.1. The van der Waals surface area contributed by atoms with E-state index in [4.69, 9.17) is 14.0 Å². The number of para-hydroxylation sites is 2. The monoisotopic (exact) mass is 414 g/mol. The van der Waals surface area contributed by atoms with Crippen molar-refractivity contribution in [3.05, 3.63) is 90.0 Å². The van der Waals surface area contributed by atoms with Crippen LogP contribution in [0.3, 0.4) is 0 Å². The minimum absolute atomic E-state index is 0.0581. The van der Waals surface area contributed by atoms with E-state index in [0.29, 0.717) is 22.6 Å². The van der Waals surface area contributed by atoms with Crippen LogP contribution in [0.15, 0.2) is 78.9 Å². The lowest BCUT2D eigenvalue weighted by Gasteiger charge is -2.25. The molecule has 29 heavy (non-hydrogen) atoms. The Kier molecular flexibility index (Phi) is 6.60. The SMILES string of the molecule is CC(Oc1ccccc1)c1cccc(OP(=O)(O)O)c1C(C)Oc1ccccc1. The van der Waals surface area contributed by atoms with E-state index < -0.39 is 20.0 Å². The maximum atomic E-state index is 11.5. The van der Waals surface area contributed by atoms with Gasteiger partial charge in [0.2, 0.25) is 0 Å². The molecule has 0 saturated carbocycles. The third-order valence-electron chi connectivity index (χ3n) is 4.27. The summed E-state index contributed by atoms with van der Waals surface area (Å²) < 4.78 is 28.5. The highest BCUT2D eigenvalue weighted by atomic mass is 31.2. The van der Waals surface area contributed by atoms with Crippen molar-refractivity contribution in [3.63, 3.8) is 0 Å². The summed E-state index contributed by atoms with van der Waals surface area (Å²) in [7, 11) is -4.75. The van der Waals surface area contributed by atoms with Crippen LogP contribution in [0.1, 0.15) is 37.2 Å². The van der Waals surface area contributed by atoms with E-state index in [1.807, 2.05) is 73.7 Å².